The molecule has 0 aromatic heterocycles. The van der Waals surface area contributed by atoms with Crippen molar-refractivity contribution in [2.45, 2.75) is 104 Å². The molecule has 0 bridgehead atoms. The van der Waals surface area contributed by atoms with Gasteiger partial charge in [-0.25, -0.2) is 0 Å². The summed E-state index contributed by atoms with van der Waals surface area (Å²) in [7, 11) is 4.25. The van der Waals surface area contributed by atoms with Gasteiger partial charge in [-0.3, -0.25) is 0 Å². The monoisotopic (exact) mass is 402 g/mol. The zero-order valence-corrected chi connectivity index (χ0v) is 20.1. The molecule has 0 saturated heterocycles. The van der Waals surface area contributed by atoms with Gasteiger partial charge in [0.05, 0.1) is 6.10 Å². The highest BCUT2D eigenvalue weighted by Crippen LogP contribution is 2.88. The Labute approximate surface area is 179 Å². The molecule has 5 aliphatic carbocycles. The van der Waals surface area contributed by atoms with E-state index in [0.29, 0.717) is 39.7 Å². The lowest BCUT2D eigenvalue weighted by atomic mass is 9.42. The molecule has 3 heteroatoms. The van der Waals surface area contributed by atoms with E-state index >= 15 is 0 Å². The summed E-state index contributed by atoms with van der Waals surface area (Å²) >= 11 is 0. The van der Waals surface area contributed by atoms with Gasteiger partial charge in [0.2, 0.25) is 0 Å². The second-order valence-electron chi connectivity index (χ2n) is 13.1. The molecule has 0 unspecified atom stereocenters. The van der Waals surface area contributed by atoms with Crippen molar-refractivity contribution in [2.75, 3.05) is 14.1 Å². The smallest absolute Gasteiger partial charge is 0.0594 e. The van der Waals surface area contributed by atoms with E-state index in [0.717, 1.165) is 18.3 Å². The Kier molecular flexibility index (Phi) is 4.31. The molecule has 0 radical (unpaired) electrons. The molecule has 0 amide bonds. The van der Waals surface area contributed by atoms with E-state index < -0.39 is 0 Å². The largest absolute Gasteiger partial charge is 0.393 e. The fourth-order valence-corrected chi connectivity index (χ4v) is 11.1. The molecule has 0 aromatic carbocycles. The first-order valence-electron chi connectivity index (χ1n) is 12.6. The molecule has 3 N–H and O–H groups in total. The van der Waals surface area contributed by atoms with Crippen molar-refractivity contribution in [3.63, 3.8) is 0 Å². The van der Waals surface area contributed by atoms with Crippen LogP contribution >= 0.6 is 0 Å². The van der Waals surface area contributed by atoms with Crippen LogP contribution in [0, 0.1) is 44.8 Å². The van der Waals surface area contributed by atoms with Gasteiger partial charge in [0.15, 0.2) is 0 Å². The number of hydrogen-bond donors (Lipinski definition) is 3. The SMILES string of the molecule is CN[C@H](C)[C@@H]1[C@@H](O)C[C@]2(C)[C@H]3CC[C@@H]4C(C)(C)[C@H](NC)CC[C@]45C[C@]35CC[C@@]12C. The van der Waals surface area contributed by atoms with E-state index in [-0.39, 0.29) is 11.5 Å². The Hall–Kier alpha value is -0.120. The van der Waals surface area contributed by atoms with Gasteiger partial charge in [-0.2, -0.15) is 0 Å². The fraction of sp³-hybridized carbons (Fsp3) is 1.00. The predicted octanol–water partition coefficient (Wildman–Crippen LogP) is 4.59. The van der Waals surface area contributed by atoms with Crippen LogP contribution in [0.3, 0.4) is 0 Å². The summed E-state index contributed by atoms with van der Waals surface area (Å²) in [6, 6.07) is 1.06. The summed E-state index contributed by atoms with van der Waals surface area (Å²) in [5, 5.41) is 18.4. The number of nitrogens with one attached hydrogen (secondary N) is 2. The van der Waals surface area contributed by atoms with E-state index in [1.807, 2.05) is 0 Å². The number of rotatable bonds is 3. The summed E-state index contributed by atoms with van der Waals surface area (Å²) < 4.78 is 0. The first kappa shape index (κ1) is 20.8. The maximum atomic E-state index is 11.3. The molecule has 166 valence electrons. The maximum absolute atomic E-state index is 11.3. The van der Waals surface area contributed by atoms with Gasteiger partial charge in [0.1, 0.15) is 0 Å². The van der Waals surface area contributed by atoms with Crippen LogP contribution in [0.25, 0.3) is 0 Å². The van der Waals surface area contributed by atoms with Crippen LogP contribution in [0.5, 0.6) is 0 Å². The molecule has 10 atom stereocenters. The second-order valence-corrected chi connectivity index (χ2v) is 13.1. The van der Waals surface area contributed by atoms with Crippen LogP contribution in [-0.4, -0.2) is 37.4 Å². The van der Waals surface area contributed by atoms with E-state index in [2.05, 4.69) is 59.3 Å². The van der Waals surface area contributed by atoms with Crippen molar-refractivity contribution in [1.82, 2.24) is 10.6 Å². The van der Waals surface area contributed by atoms with Gasteiger partial charge < -0.3 is 15.7 Å². The van der Waals surface area contributed by atoms with Crippen molar-refractivity contribution in [3.05, 3.63) is 0 Å². The number of aliphatic hydroxyl groups is 1. The molecule has 0 aliphatic heterocycles. The fourth-order valence-electron chi connectivity index (χ4n) is 11.1. The molecule has 0 aromatic rings. The highest BCUT2D eigenvalue weighted by Gasteiger charge is 2.82. The molecule has 5 fully saturated rings. The summed E-state index contributed by atoms with van der Waals surface area (Å²) in [5.74, 6) is 2.08. The lowest BCUT2D eigenvalue weighted by molar-refractivity contribution is -0.144. The molecule has 3 nitrogen and oxygen atoms in total. The molecular weight excluding hydrogens is 356 g/mol. The third-order valence-corrected chi connectivity index (χ3v) is 12.5. The minimum Gasteiger partial charge on any atom is -0.393 e. The molecule has 29 heavy (non-hydrogen) atoms. The predicted molar refractivity (Wildman–Crippen MR) is 120 cm³/mol. The van der Waals surface area contributed by atoms with Gasteiger partial charge in [0, 0.05) is 18.0 Å². The Morgan fingerprint density at radius 1 is 0.862 bits per heavy atom. The number of fused-ring (bicyclic) bond motifs is 2. The first-order chi connectivity index (χ1) is 13.5. The topological polar surface area (TPSA) is 44.3 Å². The highest BCUT2D eigenvalue weighted by atomic mass is 16.3. The molecule has 0 heterocycles. The quantitative estimate of drug-likeness (QED) is 0.647. The van der Waals surface area contributed by atoms with Gasteiger partial charge in [-0.15, -0.1) is 0 Å². The Balaban J connectivity index is 1.52. The van der Waals surface area contributed by atoms with Gasteiger partial charge in [-0.1, -0.05) is 27.7 Å². The number of aliphatic hydroxyl groups excluding tert-OH is 1. The van der Waals surface area contributed by atoms with Crippen LogP contribution in [0.15, 0.2) is 0 Å². The van der Waals surface area contributed by atoms with Crippen LogP contribution in [0.4, 0.5) is 0 Å². The number of hydrogen-bond acceptors (Lipinski definition) is 3. The zero-order chi connectivity index (χ0) is 21.0. The third kappa shape index (κ3) is 2.16. The van der Waals surface area contributed by atoms with Gasteiger partial charge >= 0.3 is 0 Å². The molecular formula is C26H46N2O. The van der Waals surface area contributed by atoms with Crippen LogP contribution in [0.2, 0.25) is 0 Å². The van der Waals surface area contributed by atoms with Crippen LogP contribution in [0.1, 0.15) is 86.0 Å². The van der Waals surface area contributed by atoms with Crippen molar-refractivity contribution in [2.24, 2.45) is 44.8 Å². The van der Waals surface area contributed by atoms with E-state index in [9.17, 15) is 5.11 Å². The standard InChI is InChI=1S/C26H46N2O/c1-16(27-6)21-17(29)14-24(5)19-9-8-18-22(2,3)20(28-7)10-11-25(18)15-26(19,25)13-12-23(21,24)4/h16-21,27-29H,8-15H2,1-7H3/t16-,17+,18-,19-,20-,21-,23+,24-,25+,26-/m1/s1. The summed E-state index contributed by atoms with van der Waals surface area (Å²) in [6.45, 7) is 12.6. The Bertz CT molecular complexity index is 692. The van der Waals surface area contributed by atoms with Crippen LogP contribution in [-0.2, 0) is 0 Å². The van der Waals surface area contributed by atoms with Crippen molar-refractivity contribution in [3.8, 4) is 0 Å². The maximum Gasteiger partial charge on any atom is 0.0594 e. The second kappa shape index (κ2) is 6.01. The van der Waals surface area contributed by atoms with Crippen molar-refractivity contribution >= 4 is 0 Å². The van der Waals surface area contributed by atoms with Crippen molar-refractivity contribution < 1.29 is 5.11 Å². The van der Waals surface area contributed by atoms with E-state index in [1.165, 1.54) is 44.9 Å². The Morgan fingerprint density at radius 2 is 1.52 bits per heavy atom. The minimum absolute atomic E-state index is 0.147. The van der Waals surface area contributed by atoms with E-state index in [1.54, 1.807) is 0 Å². The van der Waals surface area contributed by atoms with Gasteiger partial charge in [0.25, 0.3) is 0 Å². The first-order valence-corrected chi connectivity index (χ1v) is 12.6. The lowest BCUT2D eigenvalue weighted by Gasteiger charge is -2.63. The minimum atomic E-state index is -0.147. The summed E-state index contributed by atoms with van der Waals surface area (Å²) in [4.78, 5) is 0. The van der Waals surface area contributed by atoms with Crippen molar-refractivity contribution in [1.29, 1.82) is 0 Å². The molecule has 5 rings (SSSR count). The Morgan fingerprint density at radius 3 is 2.17 bits per heavy atom. The summed E-state index contributed by atoms with van der Waals surface area (Å²) in [6.07, 6.45) is 10.7. The normalized spacial score (nSPS) is 58.6. The molecule has 2 spiro atoms. The van der Waals surface area contributed by atoms with E-state index in [4.69, 9.17) is 0 Å². The van der Waals surface area contributed by atoms with Gasteiger partial charge in [-0.05, 0) is 111 Å². The third-order valence-electron chi connectivity index (χ3n) is 12.5. The molecule has 5 saturated carbocycles. The lowest BCUT2D eigenvalue weighted by Crippen LogP contribution is -2.59. The van der Waals surface area contributed by atoms with Crippen LogP contribution < -0.4 is 10.6 Å². The molecule has 5 aliphatic rings. The average Bonchev–Trinajstić information content (AvgIpc) is 3.26. The summed E-state index contributed by atoms with van der Waals surface area (Å²) in [5.41, 5.74) is 2.14. The average molecular weight is 403 g/mol. The zero-order valence-electron chi connectivity index (χ0n) is 20.1. The highest BCUT2D eigenvalue weighted by molar-refractivity contribution is 5.31.